The second-order valence-corrected chi connectivity index (χ2v) is 5.02. The predicted octanol–water partition coefficient (Wildman–Crippen LogP) is 2.04. The first-order chi connectivity index (χ1) is 9.28. The van der Waals surface area contributed by atoms with E-state index in [0.717, 1.165) is 22.3 Å². The van der Waals surface area contributed by atoms with Crippen molar-refractivity contribution in [2.75, 3.05) is 13.2 Å². The van der Waals surface area contributed by atoms with Gasteiger partial charge in [-0.25, -0.2) is 4.68 Å². The summed E-state index contributed by atoms with van der Waals surface area (Å²) < 4.78 is 8.37. The summed E-state index contributed by atoms with van der Waals surface area (Å²) in [6, 6.07) is 7.73. The summed E-state index contributed by atoms with van der Waals surface area (Å²) in [5.74, 6) is 0.829. The average Bonchev–Trinajstić information content (AvgIpc) is 2.84. The molecule has 2 rings (SSSR count). The van der Waals surface area contributed by atoms with E-state index in [0.29, 0.717) is 19.6 Å². The predicted molar refractivity (Wildman–Crippen MR) is 75.1 cm³/mol. The van der Waals surface area contributed by atoms with E-state index in [-0.39, 0.29) is 6.61 Å². The van der Waals surface area contributed by atoms with Crippen LogP contribution in [0.15, 0.2) is 34.9 Å². The molecule has 0 radical (unpaired) electrons. The van der Waals surface area contributed by atoms with E-state index in [9.17, 15) is 0 Å². The highest BCUT2D eigenvalue weighted by Gasteiger charge is 2.01. The van der Waals surface area contributed by atoms with E-state index in [4.69, 9.17) is 9.84 Å². The van der Waals surface area contributed by atoms with Crippen molar-refractivity contribution in [3.05, 3.63) is 40.6 Å². The summed E-state index contributed by atoms with van der Waals surface area (Å²) in [5, 5.41) is 16.8. The maximum absolute atomic E-state index is 8.75. The Morgan fingerprint density at radius 3 is 3.05 bits per heavy atom. The van der Waals surface area contributed by atoms with Crippen LogP contribution in [0.25, 0.3) is 0 Å². The molecular formula is C13H16BrN3O2. The Labute approximate surface area is 120 Å². The van der Waals surface area contributed by atoms with Gasteiger partial charge in [-0.2, -0.15) is 0 Å². The Bertz CT molecular complexity index is 516. The summed E-state index contributed by atoms with van der Waals surface area (Å²) in [5.41, 5.74) is 0.900. The van der Waals surface area contributed by atoms with Crippen molar-refractivity contribution in [3.63, 3.8) is 0 Å². The van der Waals surface area contributed by atoms with Crippen LogP contribution in [-0.4, -0.2) is 33.3 Å². The topological polar surface area (TPSA) is 60.2 Å². The van der Waals surface area contributed by atoms with Crippen LogP contribution in [0.3, 0.4) is 0 Å². The molecule has 6 heteroatoms. The lowest BCUT2D eigenvalue weighted by Gasteiger charge is -2.05. The van der Waals surface area contributed by atoms with Crippen LogP contribution in [-0.2, 0) is 13.0 Å². The molecule has 0 unspecified atom stereocenters. The number of rotatable bonds is 7. The van der Waals surface area contributed by atoms with Crippen molar-refractivity contribution < 1.29 is 9.84 Å². The lowest BCUT2D eigenvalue weighted by molar-refractivity contribution is 0.288. The number of aromatic nitrogens is 3. The van der Waals surface area contributed by atoms with Gasteiger partial charge in [0.2, 0.25) is 0 Å². The number of aliphatic hydroxyl groups excluding tert-OH is 1. The first-order valence-corrected chi connectivity index (χ1v) is 6.95. The zero-order chi connectivity index (χ0) is 13.5. The molecule has 2 aromatic rings. The molecule has 0 spiro atoms. The van der Waals surface area contributed by atoms with Crippen LogP contribution in [0, 0.1) is 0 Å². The Hall–Kier alpha value is -1.40. The van der Waals surface area contributed by atoms with Gasteiger partial charge in [0, 0.05) is 17.3 Å². The van der Waals surface area contributed by atoms with Crippen LogP contribution >= 0.6 is 15.9 Å². The third-order valence-electron chi connectivity index (χ3n) is 2.56. The molecule has 0 bridgehead atoms. The fourth-order valence-corrected chi connectivity index (χ4v) is 2.01. The van der Waals surface area contributed by atoms with Crippen LogP contribution in [0.5, 0.6) is 5.75 Å². The number of aliphatic hydroxyl groups is 1. The second kappa shape index (κ2) is 7.25. The number of benzene rings is 1. The number of nitrogens with zero attached hydrogens (tertiary/aromatic N) is 3. The zero-order valence-electron chi connectivity index (χ0n) is 10.5. The fourth-order valence-electron chi connectivity index (χ4n) is 1.64. The van der Waals surface area contributed by atoms with Crippen LogP contribution < -0.4 is 4.74 Å². The molecule has 1 N–H and O–H groups in total. The Morgan fingerprint density at radius 2 is 2.26 bits per heavy atom. The molecule has 0 fully saturated rings. The number of halogens is 1. The number of hydrogen-bond donors (Lipinski definition) is 1. The van der Waals surface area contributed by atoms with Crippen molar-refractivity contribution >= 4 is 15.9 Å². The monoisotopic (exact) mass is 325 g/mol. The molecule has 0 aliphatic rings. The van der Waals surface area contributed by atoms with Gasteiger partial charge in [0.05, 0.1) is 12.2 Å². The standard InChI is InChI=1S/C13H16BrN3O2/c14-11-3-1-5-13(9-11)19-8-6-17-10-12(15-16-17)4-2-7-18/h1,3,5,9-10,18H,2,4,6-8H2. The molecule has 5 nitrogen and oxygen atoms in total. The summed E-state index contributed by atoms with van der Waals surface area (Å²) in [6.45, 7) is 1.37. The van der Waals surface area contributed by atoms with Crippen LogP contribution in [0.2, 0.25) is 0 Å². The molecule has 1 heterocycles. The first kappa shape index (κ1) is 14.0. The average molecular weight is 326 g/mol. The van der Waals surface area contributed by atoms with E-state index in [1.54, 1.807) is 4.68 Å². The fraction of sp³-hybridized carbons (Fsp3) is 0.385. The van der Waals surface area contributed by atoms with Gasteiger partial charge in [-0.3, -0.25) is 0 Å². The van der Waals surface area contributed by atoms with Crippen molar-refractivity contribution in [2.45, 2.75) is 19.4 Å². The molecule has 0 saturated heterocycles. The second-order valence-electron chi connectivity index (χ2n) is 4.11. The third kappa shape index (κ3) is 4.65. The number of hydrogen-bond acceptors (Lipinski definition) is 4. The Balaban J connectivity index is 1.77. The highest BCUT2D eigenvalue weighted by atomic mass is 79.9. The van der Waals surface area contributed by atoms with Gasteiger partial charge in [-0.1, -0.05) is 27.2 Å². The lowest BCUT2D eigenvalue weighted by atomic mass is 10.3. The number of ether oxygens (including phenoxy) is 1. The van der Waals surface area contributed by atoms with Gasteiger partial charge >= 0.3 is 0 Å². The van der Waals surface area contributed by atoms with Gasteiger partial charge in [-0.15, -0.1) is 5.10 Å². The van der Waals surface area contributed by atoms with Gasteiger partial charge < -0.3 is 9.84 Å². The van der Waals surface area contributed by atoms with Crippen molar-refractivity contribution in [2.24, 2.45) is 0 Å². The van der Waals surface area contributed by atoms with Gasteiger partial charge in [0.25, 0.3) is 0 Å². The van der Waals surface area contributed by atoms with Gasteiger partial charge in [-0.05, 0) is 31.0 Å². The first-order valence-electron chi connectivity index (χ1n) is 6.16. The molecule has 1 aromatic heterocycles. The van der Waals surface area contributed by atoms with Gasteiger partial charge in [0.15, 0.2) is 0 Å². The summed E-state index contributed by atoms with van der Waals surface area (Å²) in [7, 11) is 0. The lowest BCUT2D eigenvalue weighted by Crippen LogP contribution is -2.08. The largest absolute Gasteiger partial charge is 0.492 e. The normalized spacial score (nSPS) is 10.6. The van der Waals surface area contributed by atoms with E-state index < -0.39 is 0 Å². The zero-order valence-corrected chi connectivity index (χ0v) is 12.1. The quantitative estimate of drug-likeness (QED) is 0.846. The molecule has 19 heavy (non-hydrogen) atoms. The molecule has 102 valence electrons. The van der Waals surface area contributed by atoms with Crippen LogP contribution in [0.1, 0.15) is 12.1 Å². The van der Waals surface area contributed by atoms with Crippen molar-refractivity contribution in [3.8, 4) is 5.75 Å². The van der Waals surface area contributed by atoms with E-state index in [1.807, 2.05) is 30.5 Å². The van der Waals surface area contributed by atoms with Crippen molar-refractivity contribution in [1.29, 1.82) is 0 Å². The summed E-state index contributed by atoms with van der Waals surface area (Å²) >= 11 is 3.40. The maximum atomic E-state index is 8.75. The molecule has 0 atom stereocenters. The minimum atomic E-state index is 0.179. The van der Waals surface area contributed by atoms with Crippen LogP contribution in [0.4, 0.5) is 0 Å². The SMILES string of the molecule is OCCCc1cn(CCOc2cccc(Br)c2)nn1. The molecule has 0 aliphatic carbocycles. The summed E-state index contributed by atoms with van der Waals surface area (Å²) in [6.07, 6.45) is 3.36. The minimum Gasteiger partial charge on any atom is -0.492 e. The smallest absolute Gasteiger partial charge is 0.120 e. The van der Waals surface area contributed by atoms with Gasteiger partial charge in [0.1, 0.15) is 12.4 Å². The van der Waals surface area contributed by atoms with E-state index in [2.05, 4.69) is 26.2 Å². The minimum absolute atomic E-state index is 0.179. The van der Waals surface area contributed by atoms with E-state index >= 15 is 0 Å². The molecule has 0 amide bonds. The third-order valence-corrected chi connectivity index (χ3v) is 3.06. The van der Waals surface area contributed by atoms with Crippen molar-refractivity contribution in [1.82, 2.24) is 15.0 Å². The molecule has 0 saturated carbocycles. The Kier molecular flexibility index (Phi) is 5.35. The molecular weight excluding hydrogens is 310 g/mol. The number of aryl methyl sites for hydroxylation is 1. The Morgan fingerprint density at radius 1 is 1.37 bits per heavy atom. The van der Waals surface area contributed by atoms with E-state index in [1.165, 1.54) is 0 Å². The highest BCUT2D eigenvalue weighted by Crippen LogP contribution is 2.17. The maximum Gasteiger partial charge on any atom is 0.120 e. The molecule has 0 aliphatic heterocycles. The summed E-state index contributed by atoms with van der Waals surface area (Å²) in [4.78, 5) is 0. The highest BCUT2D eigenvalue weighted by molar-refractivity contribution is 9.10. The molecule has 1 aromatic carbocycles.